The first-order valence-electron chi connectivity index (χ1n) is 13.5. The van der Waals surface area contributed by atoms with Crippen molar-refractivity contribution in [3.05, 3.63) is 44.7 Å². The van der Waals surface area contributed by atoms with Crippen molar-refractivity contribution >= 4 is 28.6 Å². The summed E-state index contributed by atoms with van der Waals surface area (Å²) >= 11 is 0. The predicted molar refractivity (Wildman–Crippen MR) is 148 cm³/mol. The van der Waals surface area contributed by atoms with E-state index in [1.165, 1.54) is 12.8 Å². The molecular weight excluding hydrogens is 452 g/mol. The lowest BCUT2D eigenvalue weighted by molar-refractivity contribution is 0.0490. The number of rotatable bonds is 10. The number of pyridine rings is 1. The average molecular weight is 495 g/mol. The van der Waals surface area contributed by atoms with Crippen LogP contribution in [0.2, 0.25) is 0 Å². The molecule has 0 bridgehead atoms. The third-order valence-electron chi connectivity index (χ3n) is 7.69. The Balaban J connectivity index is 1.66. The SMILES string of the molecule is CC/C(C)=C\c1c(NCC2CC2)c2cc(C(=O)N3CCN(CCCOC)[C@@H](C)C3)c(C)cc2[nH]c1=O. The molecule has 4 rings (SSSR count). The van der Waals surface area contributed by atoms with E-state index in [1.807, 2.05) is 30.0 Å². The van der Waals surface area contributed by atoms with Crippen LogP contribution in [0.5, 0.6) is 0 Å². The van der Waals surface area contributed by atoms with Gasteiger partial charge in [-0.1, -0.05) is 12.5 Å². The number of allylic oxidation sites excluding steroid dienone is 1. The van der Waals surface area contributed by atoms with Gasteiger partial charge in [-0.25, -0.2) is 0 Å². The Bertz CT molecular complexity index is 1180. The number of hydrogen-bond acceptors (Lipinski definition) is 5. The Hall–Kier alpha value is -2.64. The molecule has 0 spiro atoms. The first kappa shape index (κ1) is 26.4. The van der Waals surface area contributed by atoms with E-state index < -0.39 is 0 Å². The molecule has 2 fully saturated rings. The van der Waals surface area contributed by atoms with Crippen molar-refractivity contribution in [2.75, 3.05) is 51.8 Å². The van der Waals surface area contributed by atoms with Gasteiger partial charge in [0, 0.05) is 63.4 Å². The van der Waals surface area contributed by atoms with Gasteiger partial charge in [0.2, 0.25) is 0 Å². The molecule has 1 aromatic heterocycles. The minimum Gasteiger partial charge on any atom is -0.385 e. The molecule has 7 heteroatoms. The summed E-state index contributed by atoms with van der Waals surface area (Å²) in [5.74, 6) is 0.732. The van der Waals surface area contributed by atoms with Gasteiger partial charge in [-0.15, -0.1) is 0 Å². The van der Waals surface area contributed by atoms with E-state index in [2.05, 4.69) is 36.0 Å². The number of methoxy groups -OCH3 is 1. The highest BCUT2D eigenvalue weighted by molar-refractivity contribution is 6.04. The number of hydrogen-bond donors (Lipinski definition) is 2. The van der Waals surface area contributed by atoms with E-state index in [0.29, 0.717) is 29.6 Å². The molecule has 196 valence electrons. The van der Waals surface area contributed by atoms with E-state index in [-0.39, 0.29) is 11.5 Å². The minimum atomic E-state index is -0.0921. The number of carbonyl (C=O) groups excluding carboxylic acids is 1. The Labute approximate surface area is 214 Å². The summed E-state index contributed by atoms with van der Waals surface area (Å²) in [5.41, 5.74) is 4.93. The number of carbonyl (C=O) groups is 1. The number of ether oxygens (including phenoxy) is 1. The number of fused-ring (bicyclic) bond motifs is 1. The number of nitrogens with one attached hydrogen (secondary N) is 2. The van der Waals surface area contributed by atoms with Gasteiger partial charge in [-0.3, -0.25) is 14.5 Å². The van der Waals surface area contributed by atoms with E-state index in [1.54, 1.807) is 7.11 Å². The first-order chi connectivity index (χ1) is 17.3. The van der Waals surface area contributed by atoms with Gasteiger partial charge < -0.3 is 19.9 Å². The van der Waals surface area contributed by atoms with Crippen LogP contribution in [0.3, 0.4) is 0 Å². The Morgan fingerprint density at radius 3 is 2.72 bits per heavy atom. The number of aromatic nitrogens is 1. The third-order valence-corrected chi connectivity index (χ3v) is 7.69. The second-order valence-electron chi connectivity index (χ2n) is 10.6. The zero-order valence-electron chi connectivity index (χ0n) is 22.6. The zero-order chi connectivity index (χ0) is 25.8. The smallest absolute Gasteiger partial charge is 0.257 e. The number of aromatic amines is 1. The molecule has 1 amide bonds. The van der Waals surface area contributed by atoms with E-state index in [0.717, 1.165) is 73.4 Å². The molecule has 0 unspecified atom stereocenters. The number of piperazine rings is 1. The van der Waals surface area contributed by atoms with Crippen molar-refractivity contribution in [1.29, 1.82) is 0 Å². The molecule has 1 saturated heterocycles. The maximum absolute atomic E-state index is 13.7. The van der Waals surface area contributed by atoms with Crippen molar-refractivity contribution < 1.29 is 9.53 Å². The highest BCUT2D eigenvalue weighted by atomic mass is 16.5. The number of benzene rings is 1. The fourth-order valence-corrected chi connectivity index (χ4v) is 5.04. The minimum absolute atomic E-state index is 0.0685. The van der Waals surface area contributed by atoms with Crippen LogP contribution in [0.1, 0.15) is 67.9 Å². The van der Waals surface area contributed by atoms with Gasteiger partial charge in [0.1, 0.15) is 0 Å². The van der Waals surface area contributed by atoms with Crippen LogP contribution in [0, 0.1) is 12.8 Å². The van der Waals surface area contributed by atoms with Crippen molar-refractivity contribution in [1.82, 2.24) is 14.8 Å². The van der Waals surface area contributed by atoms with Crippen molar-refractivity contribution in [2.45, 2.75) is 59.4 Å². The second-order valence-corrected chi connectivity index (χ2v) is 10.6. The van der Waals surface area contributed by atoms with E-state index >= 15 is 0 Å². The monoisotopic (exact) mass is 494 g/mol. The predicted octanol–water partition coefficient (Wildman–Crippen LogP) is 4.65. The van der Waals surface area contributed by atoms with Crippen LogP contribution >= 0.6 is 0 Å². The molecule has 2 heterocycles. The fraction of sp³-hybridized carbons (Fsp3) is 0.586. The van der Waals surface area contributed by atoms with Crippen LogP contribution in [-0.2, 0) is 4.74 Å². The molecule has 2 N–H and O–H groups in total. The number of anilines is 1. The van der Waals surface area contributed by atoms with Gasteiger partial charge in [0.25, 0.3) is 11.5 Å². The van der Waals surface area contributed by atoms with Crippen LogP contribution in [0.15, 0.2) is 22.5 Å². The van der Waals surface area contributed by atoms with Crippen molar-refractivity contribution in [3.8, 4) is 0 Å². The molecule has 1 aromatic carbocycles. The average Bonchev–Trinajstić information content (AvgIpc) is 3.68. The summed E-state index contributed by atoms with van der Waals surface area (Å²) in [6, 6.07) is 4.25. The van der Waals surface area contributed by atoms with Gasteiger partial charge in [0.15, 0.2) is 0 Å². The summed E-state index contributed by atoms with van der Waals surface area (Å²) in [6.07, 6.45) is 6.32. The van der Waals surface area contributed by atoms with Gasteiger partial charge >= 0.3 is 0 Å². The maximum atomic E-state index is 13.7. The standard InChI is InChI=1S/C29H42N4O3/c1-6-19(2)14-25-27(30-17-22-8-9-22)24-16-23(20(3)15-26(24)31-28(25)34)29(35)33-12-11-32(21(4)18-33)10-7-13-36-5/h14-16,21-22H,6-13,17-18H2,1-5H3,(H2,30,31,34)/b19-14-/t21-/m0/s1. The Kier molecular flexibility index (Phi) is 8.52. The lowest BCUT2D eigenvalue weighted by Crippen LogP contribution is -2.53. The van der Waals surface area contributed by atoms with Gasteiger partial charge in [-0.05, 0) is 76.1 Å². The van der Waals surface area contributed by atoms with Crippen molar-refractivity contribution in [2.24, 2.45) is 5.92 Å². The Morgan fingerprint density at radius 2 is 2.06 bits per heavy atom. The summed E-state index contributed by atoms with van der Waals surface area (Å²) < 4.78 is 5.20. The summed E-state index contributed by atoms with van der Waals surface area (Å²) in [7, 11) is 1.73. The molecule has 1 saturated carbocycles. The number of aryl methyl sites for hydroxylation is 1. The second kappa shape index (κ2) is 11.6. The summed E-state index contributed by atoms with van der Waals surface area (Å²) in [5, 5.41) is 4.49. The number of nitrogens with zero attached hydrogens (tertiary/aromatic N) is 2. The molecule has 2 aromatic rings. The molecule has 1 aliphatic heterocycles. The fourth-order valence-electron chi connectivity index (χ4n) is 5.04. The van der Waals surface area contributed by atoms with E-state index in [9.17, 15) is 9.59 Å². The molecule has 0 radical (unpaired) electrons. The number of amides is 1. The largest absolute Gasteiger partial charge is 0.385 e. The highest BCUT2D eigenvalue weighted by Crippen LogP contribution is 2.33. The zero-order valence-corrected chi connectivity index (χ0v) is 22.6. The summed E-state index contributed by atoms with van der Waals surface area (Å²) in [4.78, 5) is 34.3. The molecule has 1 aliphatic carbocycles. The maximum Gasteiger partial charge on any atom is 0.257 e. The quantitative estimate of drug-likeness (QED) is 0.470. The third kappa shape index (κ3) is 6.01. The summed E-state index contributed by atoms with van der Waals surface area (Å²) in [6.45, 7) is 13.2. The van der Waals surface area contributed by atoms with Crippen molar-refractivity contribution in [3.63, 3.8) is 0 Å². The lowest BCUT2D eigenvalue weighted by Gasteiger charge is -2.40. The first-order valence-corrected chi connectivity index (χ1v) is 13.5. The van der Waals surface area contributed by atoms with Crippen LogP contribution in [-0.4, -0.2) is 73.2 Å². The highest BCUT2D eigenvalue weighted by Gasteiger charge is 2.28. The Morgan fingerprint density at radius 1 is 1.28 bits per heavy atom. The molecular formula is C29H42N4O3. The van der Waals surface area contributed by atoms with Gasteiger partial charge in [0.05, 0.1) is 16.8 Å². The van der Waals surface area contributed by atoms with Crippen LogP contribution in [0.4, 0.5) is 5.69 Å². The molecule has 36 heavy (non-hydrogen) atoms. The topological polar surface area (TPSA) is 77.7 Å². The molecule has 7 nitrogen and oxygen atoms in total. The normalized spacial score (nSPS) is 19.2. The number of H-pyrrole nitrogens is 1. The van der Waals surface area contributed by atoms with Gasteiger partial charge in [-0.2, -0.15) is 0 Å². The van der Waals surface area contributed by atoms with Crippen LogP contribution in [0.25, 0.3) is 17.0 Å². The molecule has 1 atom stereocenters. The molecule has 2 aliphatic rings. The van der Waals surface area contributed by atoms with E-state index in [4.69, 9.17) is 4.74 Å². The van der Waals surface area contributed by atoms with Crippen LogP contribution < -0.4 is 10.9 Å². The lowest BCUT2D eigenvalue weighted by atomic mass is 9.99.